The first kappa shape index (κ1) is 25.5. The van der Waals surface area contributed by atoms with Gasteiger partial charge in [-0.05, 0) is 34.5 Å². The van der Waals surface area contributed by atoms with Crippen molar-refractivity contribution < 1.29 is 28.4 Å². The third kappa shape index (κ3) is 61.4. The fourth-order valence-electron chi connectivity index (χ4n) is 0. The summed E-state index contributed by atoms with van der Waals surface area (Å²) in [7, 11) is -5.54. The molecular weight excluding hydrogens is 288 g/mol. The molecule has 0 bridgehead atoms. The smallest absolute Gasteiger partial charge is 0.161 e. The van der Waals surface area contributed by atoms with Crippen molar-refractivity contribution in [1.29, 1.82) is 0 Å². The van der Waals surface area contributed by atoms with Gasteiger partial charge in [-0.3, -0.25) is 0 Å². The summed E-state index contributed by atoms with van der Waals surface area (Å²) in [6.45, 7) is 5.00. The highest BCUT2D eigenvalue weighted by Crippen LogP contribution is 2.09. The Balaban J connectivity index is -0.0000000655. The number of hydrogen-bond acceptors (Lipinski definition) is 3. The zero-order valence-corrected chi connectivity index (χ0v) is 11.7. The first-order valence-electron chi connectivity index (χ1n) is 4.22. The second-order valence-corrected chi connectivity index (χ2v) is 6.02. The van der Waals surface area contributed by atoms with Gasteiger partial charge in [-0.2, -0.15) is 14.7 Å². The average Bonchev–Trinajstić information content (AvgIpc) is 2.19. The summed E-state index contributed by atoms with van der Waals surface area (Å²) in [6, 6.07) is 0. The van der Waals surface area contributed by atoms with Gasteiger partial charge in [-0.15, -0.1) is 0 Å². The molecule has 96 valence electrons. The first-order chi connectivity index (χ1) is 6.81. The van der Waals surface area contributed by atoms with E-state index < -0.39 is 24.1 Å². The lowest BCUT2D eigenvalue weighted by molar-refractivity contribution is 0.503. The van der Waals surface area contributed by atoms with Gasteiger partial charge < -0.3 is 0 Å². The molecule has 0 aliphatic heterocycles. The van der Waals surface area contributed by atoms with Crippen LogP contribution in [0.4, 0.5) is 0 Å². The van der Waals surface area contributed by atoms with Crippen molar-refractivity contribution >= 4 is 41.4 Å². The topological polar surface area (TPSA) is 112 Å². The molecule has 0 aliphatic carbocycles. The molecule has 0 aromatic heterocycles. The molecule has 0 radical (unpaired) electrons. The molecule has 16 heavy (non-hydrogen) atoms. The molecule has 0 aromatic rings. The predicted octanol–water partition coefficient (Wildman–Crippen LogP) is 1.04. The van der Waals surface area contributed by atoms with Crippen molar-refractivity contribution in [2.75, 3.05) is 18.5 Å². The van der Waals surface area contributed by atoms with Crippen LogP contribution in [0.15, 0.2) is 0 Å². The molecule has 3 N–H and O–H groups in total. The maximum Gasteiger partial charge on any atom is 0.505 e. The third-order valence-corrected chi connectivity index (χ3v) is 2.43. The Kier molecular flexibility index (Phi) is 33.6. The molecule has 0 rings (SSSR count). The Morgan fingerprint density at radius 1 is 0.688 bits per heavy atom. The molecule has 0 saturated carbocycles. The summed E-state index contributed by atoms with van der Waals surface area (Å²) in [5, 5.41) is 0. The van der Waals surface area contributed by atoms with Crippen LogP contribution in [0.5, 0.6) is 0 Å². The predicted molar refractivity (Wildman–Crippen MR) is 71.0 cm³/mol. The van der Waals surface area contributed by atoms with Crippen LogP contribution in [0.1, 0.15) is 20.8 Å². The normalized spacial score (nSPS) is 10.5. The van der Waals surface area contributed by atoms with E-state index >= 15 is 0 Å². The molecule has 3 atom stereocenters. The zero-order chi connectivity index (χ0) is 12.9. The van der Waals surface area contributed by atoms with Gasteiger partial charge in [0.25, 0.3) is 0 Å². The SMILES string of the molecule is CC[P+](=O)O.CC[P+](=O)O.CC[P+](=O)O.[AlH3]. The van der Waals surface area contributed by atoms with Crippen molar-refractivity contribution in [2.24, 2.45) is 0 Å². The molecule has 0 fully saturated rings. The van der Waals surface area contributed by atoms with E-state index in [0.29, 0.717) is 18.5 Å². The zero-order valence-electron chi connectivity index (χ0n) is 9.03. The van der Waals surface area contributed by atoms with E-state index in [-0.39, 0.29) is 17.4 Å². The highest BCUT2D eigenvalue weighted by molar-refractivity contribution is 7.38. The van der Waals surface area contributed by atoms with Crippen molar-refractivity contribution in [3.63, 3.8) is 0 Å². The lowest BCUT2D eigenvalue weighted by Gasteiger charge is -1.53. The van der Waals surface area contributed by atoms with E-state index in [1.807, 2.05) is 0 Å². The van der Waals surface area contributed by atoms with Crippen LogP contribution in [0, 0.1) is 0 Å². The van der Waals surface area contributed by atoms with Crippen molar-refractivity contribution in [1.82, 2.24) is 0 Å². The quantitative estimate of drug-likeness (QED) is 0.530. The van der Waals surface area contributed by atoms with Crippen LogP contribution < -0.4 is 0 Å². The molecule has 0 spiro atoms. The largest absolute Gasteiger partial charge is 0.505 e. The second-order valence-electron chi connectivity index (χ2n) is 2.01. The fourth-order valence-corrected chi connectivity index (χ4v) is 0. The minimum Gasteiger partial charge on any atom is -0.161 e. The first-order valence-corrected chi connectivity index (χ1v) is 8.41. The standard InChI is InChI=1S/3C2H5O2P.Al.3H/c3*1-2-5(3)4;;;;/h3*2H2,1H3;;;;/p+3. The Bertz CT molecular complexity index is 167. The highest BCUT2D eigenvalue weighted by Gasteiger charge is 1.99. The molecular formula is C6H21AlO6P3+3. The summed E-state index contributed by atoms with van der Waals surface area (Å²) in [4.78, 5) is 23.6. The van der Waals surface area contributed by atoms with Crippen molar-refractivity contribution in [3.05, 3.63) is 0 Å². The van der Waals surface area contributed by atoms with Crippen molar-refractivity contribution in [2.45, 2.75) is 20.8 Å². The van der Waals surface area contributed by atoms with Gasteiger partial charge in [0.2, 0.25) is 0 Å². The molecule has 0 heterocycles. The molecule has 6 nitrogen and oxygen atoms in total. The third-order valence-electron chi connectivity index (χ3n) is 0.812. The molecule has 0 aromatic carbocycles. The summed E-state index contributed by atoms with van der Waals surface area (Å²) >= 11 is 0. The van der Waals surface area contributed by atoms with Gasteiger partial charge in [0, 0.05) is 0 Å². The van der Waals surface area contributed by atoms with Crippen LogP contribution in [-0.4, -0.2) is 50.5 Å². The molecule has 0 saturated heterocycles. The summed E-state index contributed by atoms with van der Waals surface area (Å²) in [5.41, 5.74) is 0. The van der Waals surface area contributed by atoms with Crippen LogP contribution in [-0.2, 0) is 13.7 Å². The van der Waals surface area contributed by atoms with Gasteiger partial charge in [0.15, 0.2) is 35.8 Å². The van der Waals surface area contributed by atoms with E-state index in [0.717, 1.165) is 0 Å². The monoisotopic (exact) mass is 309 g/mol. The second kappa shape index (κ2) is 21.0. The van der Waals surface area contributed by atoms with Gasteiger partial charge >= 0.3 is 24.1 Å². The molecule has 0 amide bonds. The maximum absolute atomic E-state index is 9.52. The van der Waals surface area contributed by atoms with Gasteiger partial charge in [0.1, 0.15) is 0 Å². The Hall–Kier alpha value is 0.712. The van der Waals surface area contributed by atoms with Crippen LogP contribution in [0.3, 0.4) is 0 Å². The summed E-state index contributed by atoms with van der Waals surface area (Å²) in [5.74, 6) is 0. The summed E-state index contributed by atoms with van der Waals surface area (Å²) < 4.78 is 28.5. The molecule has 0 aliphatic rings. The van der Waals surface area contributed by atoms with Crippen molar-refractivity contribution in [3.8, 4) is 0 Å². The van der Waals surface area contributed by atoms with Crippen LogP contribution >= 0.6 is 24.1 Å². The Morgan fingerprint density at radius 2 is 0.750 bits per heavy atom. The lowest BCUT2D eigenvalue weighted by atomic mass is 11.0. The van der Waals surface area contributed by atoms with Gasteiger partial charge in [-0.1, -0.05) is 0 Å². The lowest BCUT2D eigenvalue weighted by Crippen LogP contribution is -1.56. The highest BCUT2D eigenvalue weighted by atomic mass is 31.1. The minimum absolute atomic E-state index is 0. The summed E-state index contributed by atoms with van der Waals surface area (Å²) in [6.07, 6.45) is 1.11. The van der Waals surface area contributed by atoms with E-state index in [4.69, 9.17) is 14.7 Å². The van der Waals surface area contributed by atoms with Crippen LogP contribution in [0.2, 0.25) is 0 Å². The molecule has 10 heteroatoms. The maximum atomic E-state index is 9.52. The minimum atomic E-state index is -1.85. The average molecular weight is 309 g/mol. The Labute approximate surface area is 109 Å². The number of rotatable bonds is 3. The van der Waals surface area contributed by atoms with Crippen LogP contribution in [0.25, 0.3) is 0 Å². The van der Waals surface area contributed by atoms with E-state index in [2.05, 4.69) is 0 Å². The van der Waals surface area contributed by atoms with E-state index in [1.54, 1.807) is 20.8 Å². The van der Waals surface area contributed by atoms with Gasteiger partial charge in [-0.25, -0.2) is 0 Å². The molecule has 3 unspecified atom stereocenters. The number of hydrogen-bond donors (Lipinski definition) is 3. The fraction of sp³-hybridized carbons (Fsp3) is 1.00. The van der Waals surface area contributed by atoms with Gasteiger partial charge in [0.05, 0.1) is 0 Å². The Morgan fingerprint density at radius 3 is 0.750 bits per heavy atom. The van der Waals surface area contributed by atoms with E-state index in [9.17, 15) is 13.7 Å². The van der Waals surface area contributed by atoms with E-state index in [1.165, 1.54) is 0 Å².